The predicted molar refractivity (Wildman–Crippen MR) is 72.8 cm³/mol. The Hall–Kier alpha value is -1.46. The van der Waals surface area contributed by atoms with Crippen LogP contribution in [0.3, 0.4) is 0 Å². The summed E-state index contributed by atoms with van der Waals surface area (Å²) in [5.41, 5.74) is 0.822. The van der Waals surface area contributed by atoms with Crippen LogP contribution < -0.4 is 10.6 Å². The molecule has 0 aliphatic carbocycles. The number of rotatable bonds is 7. The highest BCUT2D eigenvalue weighted by Crippen LogP contribution is 2.22. The number of hydrogen-bond donors (Lipinski definition) is 3. The predicted octanol–water partition coefficient (Wildman–Crippen LogP) is 1.37. The lowest BCUT2D eigenvalue weighted by Crippen LogP contribution is -2.45. The van der Waals surface area contributed by atoms with E-state index in [1.54, 1.807) is 19.2 Å². The summed E-state index contributed by atoms with van der Waals surface area (Å²) >= 11 is 0. The monoisotopic (exact) mass is 268 g/mol. The number of nitrogens with one attached hydrogen (secondary N) is 2. The molecule has 0 aromatic heterocycles. The SMILES string of the molecule is CNC(CNCC(C)(C)c1ccc(F)cc1)C(=O)O. The molecular weight excluding hydrogens is 247 g/mol. The molecule has 1 aromatic carbocycles. The van der Waals surface area contributed by atoms with E-state index in [0.29, 0.717) is 13.1 Å². The average Bonchev–Trinajstić information content (AvgIpc) is 2.34. The molecule has 0 radical (unpaired) electrons. The summed E-state index contributed by atoms with van der Waals surface area (Å²) in [5, 5.41) is 14.8. The average molecular weight is 268 g/mol. The maximum Gasteiger partial charge on any atom is 0.322 e. The molecule has 106 valence electrons. The van der Waals surface area contributed by atoms with Crippen LogP contribution in [0.1, 0.15) is 19.4 Å². The van der Waals surface area contributed by atoms with Gasteiger partial charge in [-0.15, -0.1) is 0 Å². The van der Waals surface area contributed by atoms with E-state index in [2.05, 4.69) is 10.6 Å². The fourth-order valence-corrected chi connectivity index (χ4v) is 1.84. The van der Waals surface area contributed by atoms with E-state index >= 15 is 0 Å². The normalized spacial score (nSPS) is 13.3. The first kappa shape index (κ1) is 15.6. The van der Waals surface area contributed by atoms with Crippen molar-refractivity contribution in [2.75, 3.05) is 20.1 Å². The van der Waals surface area contributed by atoms with E-state index in [1.165, 1.54) is 12.1 Å². The van der Waals surface area contributed by atoms with E-state index < -0.39 is 12.0 Å². The summed E-state index contributed by atoms with van der Waals surface area (Å²) in [6.45, 7) is 5.02. The van der Waals surface area contributed by atoms with Gasteiger partial charge in [-0.1, -0.05) is 26.0 Å². The first-order valence-electron chi connectivity index (χ1n) is 6.23. The fourth-order valence-electron chi connectivity index (χ4n) is 1.84. The standard InChI is InChI=1S/C14H21FN2O2/c1-14(2,10-4-6-11(15)7-5-10)9-17-8-12(16-3)13(18)19/h4-7,12,16-17H,8-9H2,1-3H3,(H,18,19). The highest BCUT2D eigenvalue weighted by molar-refractivity contribution is 5.73. The van der Waals surface area contributed by atoms with Gasteiger partial charge >= 0.3 is 5.97 Å². The van der Waals surface area contributed by atoms with Crippen LogP contribution in [0.2, 0.25) is 0 Å². The molecule has 0 amide bonds. The van der Waals surface area contributed by atoms with Crippen molar-refractivity contribution in [3.63, 3.8) is 0 Å². The summed E-state index contributed by atoms with van der Waals surface area (Å²) in [7, 11) is 1.62. The minimum Gasteiger partial charge on any atom is -0.480 e. The molecule has 0 aliphatic rings. The smallest absolute Gasteiger partial charge is 0.322 e. The summed E-state index contributed by atoms with van der Waals surface area (Å²) in [4.78, 5) is 10.8. The van der Waals surface area contributed by atoms with Gasteiger partial charge in [-0.2, -0.15) is 0 Å². The topological polar surface area (TPSA) is 61.4 Å². The lowest BCUT2D eigenvalue weighted by atomic mass is 9.84. The number of benzene rings is 1. The first-order chi connectivity index (χ1) is 8.86. The largest absolute Gasteiger partial charge is 0.480 e. The van der Waals surface area contributed by atoms with Crippen molar-refractivity contribution < 1.29 is 14.3 Å². The van der Waals surface area contributed by atoms with Gasteiger partial charge in [0.1, 0.15) is 11.9 Å². The molecule has 0 saturated carbocycles. The van der Waals surface area contributed by atoms with Crippen LogP contribution in [0.5, 0.6) is 0 Å². The quantitative estimate of drug-likeness (QED) is 0.699. The van der Waals surface area contributed by atoms with Crippen LogP contribution in [-0.2, 0) is 10.2 Å². The van der Waals surface area contributed by atoms with E-state index in [9.17, 15) is 9.18 Å². The molecule has 0 bridgehead atoms. The Morgan fingerprint density at radius 2 is 1.95 bits per heavy atom. The van der Waals surface area contributed by atoms with Gasteiger partial charge in [-0.3, -0.25) is 4.79 Å². The van der Waals surface area contributed by atoms with E-state index in [0.717, 1.165) is 5.56 Å². The minimum absolute atomic E-state index is 0.190. The third-order valence-corrected chi connectivity index (χ3v) is 3.19. The number of likely N-dealkylation sites (N-methyl/N-ethyl adjacent to an activating group) is 1. The van der Waals surface area contributed by atoms with E-state index in [1.807, 2.05) is 13.8 Å². The summed E-state index contributed by atoms with van der Waals surface area (Å²) < 4.78 is 12.9. The summed E-state index contributed by atoms with van der Waals surface area (Å²) in [5.74, 6) is -1.14. The van der Waals surface area contributed by atoms with Gasteiger partial charge in [0.15, 0.2) is 0 Å². The van der Waals surface area contributed by atoms with Crippen molar-refractivity contribution in [3.05, 3.63) is 35.6 Å². The van der Waals surface area contributed by atoms with Crippen molar-refractivity contribution >= 4 is 5.97 Å². The van der Waals surface area contributed by atoms with Crippen molar-refractivity contribution in [1.82, 2.24) is 10.6 Å². The number of aliphatic carboxylic acids is 1. The Bertz CT molecular complexity index is 418. The molecule has 1 aromatic rings. The number of hydrogen-bond acceptors (Lipinski definition) is 3. The van der Waals surface area contributed by atoms with Gasteiger partial charge in [-0.05, 0) is 24.7 Å². The highest BCUT2D eigenvalue weighted by Gasteiger charge is 2.21. The van der Waals surface area contributed by atoms with Gasteiger partial charge in [0.2, 0.25) is 0 Å². The molecular formula is C14H21FN2O2. The van der Waals surface area contributed by atoms with Gasteiger partial charge in [0.05, 0.1) is 0 Å². The molecule has 0 spiro atoms. The molecule has 0 saturated heterocycles. The number of halogens is 1. The first-order valence-corrected chi connectivity index (χ1v) is 6.23. The molecule has 0 fully saturated rings. The third-order valence-electron chi connectivity index (χ3n) is 3.19. The second-order valence-electron chi connectivity index (χ2n) is 5.20. The molecule has 4 nitrogen and oxygen atoms in total. The van der Waals surface area contributed by atoms with Gasteiger partial charge in [0.25, 0.3) is 0 Å². The molecule has 5 heteroatoms. The Labute approximate surface area is 113 Å². The zero-order valence-corrected chi connectivity index (χ0v) is 11.5. The fraction of sp³-hybridized carbons (Fsp3) is 0.500. The molecule has 1 rings (SSSR count). The second kappa shape index (κ2) is 6.63. The Morgan fingerprint density at radius 1 is 1.37 bits per heavy atom. The molecule has 0 aliphatic heterocycles. The van der Waals surface area contributed by atoms with Crippen molar-refractivity contribution in [3.8, 4) is 0 Å². The minimum atomic E-state index is -0.880. The van der Waals surface area contributed by atoms with Crippen molar-refractivity contribution in [2.45, 2.75) is 25.3 Å². The zero-order valence-electron chi connectivity index (χ0n) is 11.5. The lowest BCUT2D eigenvalue weighted by Gasteiger charge is -2.26. The highest BCUT2D eigenvalue weighted by atomic mass is 19.1. The van der Waals surface area contributed by atoms with Crippen molar-refractivity contribution in [2.24, 2.45) is 0 Å². The summed E-state index contributed by atoms with van der Waals surface area (Å²) in [6, 6.07) is 5.77. The van der Waals surface area contributed by atoms with Gasteiger partial charge in [0, 0.05) is 18.5 Å². The van der Waals surface area contributed by atoms with Crippen LogP contribution >= 0.6 is 0 Å². The van der Waals surface area contributed by atoms with Crippen LogP contribution in [0.4, 0.5) is 4.39 Å². The maximum atomic E-state index is 12.9. The van der Waals surface area contributed by atoms with Gasteiger partial charge in [-0.25, -0.2) is 4.39 Å². The van der Waals surface area contributed by atoms with E-state index in [4.69, 9.17) is 5.11 Å². The zero-order chi connectivity index (χ0) is 14.5. The number of carbonyl (C=O) groups is 1. The third kappa shape index (κ3) is 4.61. The summed E-state index contributed by atoms with van der Waals surface area (Å²) in [6.07, 6.45) is 0. The Balaban J connectivity index is 2.55. The Kier molecular flexibility index (Phi) is 5.44. The van der Waals surface area contributed by atoms with Crippen molar-refractivity contribution in [1.29, 1.82) is 0 Å². The van der Waals surface area contributed by atoms with E-state index in [-0.39, 0.29) is 11.2 Å². The number of carboxylic acids is 1. The molecule has 1 unspecified atom stereocenters. The molecule has 1 atom stereocenters. The van der Waals surface area contributed by atoms with Crippen LogP contribution in [0.15, 0.2) is 24.3 Å². The second-order valence-corrected chi connectivity index (χ2v) is 5.20. The number of carboxylic acid groups (broad SMARTS) is 1. The van der Waals surface area contributed by atoms with Crippen LogP contribution in [0.25, 0.3) is 0 Å². The maximum absolute atomic E-state index is 12.9. The van der Waals surface area contributed by atoms with Crippen LogP contribution in [0, 0.1) is 5.82 Å². The molecule has 0 heterocycles. The lowest BCUT2D eigenvalue weighted by molar-refractivity contribution is -0.139. The van der Waals surface area contributed by atoms with Gasteiger partial charge < -0.3 is 15.7 Å². The Morgan fingerprint density at radius 3 is 2.42 bits per heavy atom. The molecule has 19 heavy (non-hydrogen) atoms. The molecule has 3 N–H and O–H groups in total. The van der Waals surface area contributed by atoms with Crippen LogP contribution in [-0.4, -0.2) is 37.3 Å².